The summed E-state index contributed by atoms with van der Waals surface area (Å²) in [4.78, 5) is 0. The number of aromatic nitrogens is 5. The summed E-state index contributed by atoms with van der Waals surface area (Å²) >= 11 is 0. The van der Waals surface area contributed by atoms with Crippen molar-refractivity contribution >= 4 is 11.0 Å². The van der Waals surface area contributed by atoms with Crippen molar-refractivity contribution in [1.82, 2.24) is 25.2 Å². The van der Waals surface area contributed by atoms with Crippen molar-refractivity contribution < 1.29 is 22.3 Å². The molecule has 0 atom stereocenters. The minimum Gasteiger partial charge on any atom is -0.426 e. The van der Waals surface area contributed by atoms with E-state index in [1.54, 1.807) is 23.7 Å². The highest BCUT2D eigenvalue weighted by atomic mass is 19.4. The molecule has 2 heterocycles. The van der Waals surface area contributed by atoms with Gasteiger partial charge in [0, 0.05) is 13.3 Å². The van der Waals surface area contributed by atoms with Gasteiger partial charge in [0.25, 0.3) is 0 Å². The molecule has 0 aliphatic heterocycles. The first-order valence-electron chi connectivity index (χ1n) is 8.36. The summed E-state index contributed by atoms with van der Waals surface area (Å²) < 4.78 is 47.9. The Morgan fingerprint density at radius 3 is 2.43 bits per heavy atom. The van der Waals surface area contributed by atoms with Crippen molar-refractivity contribution in [3.05, 3.63) is 54.2 Å². The molecule has 0 radical (unpaired) electrons. The molecule has 2 aromatic carbocycles. The van der Waals surface area contributed by atoms with Gasteiger partial charge >= 0.3 is 6.36 Å². The second-order valence-corrected chi connectivity index (χ2v) is 6.05. The van der Waals surface area contributed by atoms with E-state index in [-0.39, 0.29) is 5.75 Å². The van der Waals surface area contributed by atoms with Crippen molar-refractivity contribution in [1.29, 1.82) is 0 Å². The Hall–Kier alpha value is -3.43. The lowest BCUT2D eigenvalue weighted by Gasteiger charge is -2.09. The van der Waals surface area contributed by atoms with E-state index in [0.717, 1.165) is 16.6 Å². The van der Waals surface area contributed by atoms with Crippen molar-refractivity contribution in [3.63, 3.8) is 0 Å². The van der Waals surface area contributed by atoms with Gasteiger partial charge in [0.15, 0.2) is 0 Å². The van der Waals surface area contributed by atoms with Gasteiger partial charge in [-0.05, 0) is 35.4 Å². The lowest BCUT2D eigenvalue weighted by Crippen LogP contribution is -2.16. The molecular weight excluding hydrogens is 375 g/mol. The number of aryl methyl sites for hydroxylation is 3. The lowest BCUT2D eigenvalue weighted by atomic mass is 10.0. The monoisotopic (exact) mass is 389 g/mol. The highest BCUT2D eigenvalue weighted by Gasteiger charge is 2.30. The quantitative estimate of drug-likeness (QED) is 0.515. The molecule has 28 heavy (non-hydrogen) atoms. The van der Waals surface area contributed by atoms with Crippen molar-refractivity contribution in [2.45, 2.75) is 26.3 Å². The lowest BCUT2D eigenvalue weighted by molar-refractivity contribution is -0.274. The largest absolute Gasteiger partial charge is 0.573 e. The molecule has 0 aliphatic carbocycles. The zero-order valence-corrected chi connectivity index (χ0v) is 14.6. The van der Waals surface area contributed by atoms with Gasteiger partial charge in [-0.15, -0.1) is 28.5 Å². The molecule has 0 unspecified atom stereocenters. The van der Waals surface area contributed by atoms with E-state index in [4.69, 9.17) is 4.42 Å². The van der Waals surface area contributed by atoms with E-state index in [2.05, 4.69) is 25.2 Å². The number of rotatable bonds is 5. The van der Waals surface area contributed by atoms with E-state index in [1.807, 2.05) is 18.2 Å². The molecule has 7 nitrogen and oxygen atoms in total. The molecule has 0 aliphatic rings. The summed E-state index contributed by atoms with van der Waals surface area (Å²) in [5, 5.41) is 16.0. The minimum absolute atomic E-state index is 0.265. The maximum absolute atomic E-state index is 12.3. The number of nitrogens with zero attached hydrogens (tertiary/aromatic N) is 5. The molecule has 2 aromatic heterocycles. The van der Waals surface area contributed by atoms with Crippen LogP contribution in [0.4, 0.5) is 13.2 Å². The molecule has 4 rings (SSSR count). The van der Waals surface area contributed by atoms with E-state index in [1.165, 1.54) is 12.1 Å². The van der Waals surface area contributed by atoms with Gasteiger partial charge in [0.05, 0.1) is 12.1 Å². The van der Waals surface area contributed by atoms with E-state index >= 15 is 0 Å². The Kier molecular flexibility index (Phi) is 4.46. The molecule has 0 spiro atoms. The van der Waals surface area contributed by atoms with Gasteiger partial charge in [-0.3, -0.25) is 0 Å². The Balaban J connectivity index is 1.56. The highest BCUT2D eigenvalue weighted by Crippen LogP contribution is 2.28. The number of fused-ring (bicyclic) bond motifs is 1. The summed E-state index contributed by atoms with van der Waals surface area (Å²) in [5.41, 5.74) is 3.08. The molecule has 4 aromatic rings. The van der Waals surface area contributed by atoms with Crippen LogP contribution in [0.3, 0.4) is 0 Å². The van der Waals surface area contributed by atoms with Crippen LogP contribution in [0.1, 0.15) is 11.8 Å². The molecule has 0 amide bonds. The van der Waals surface area contributed by atoms with Crippen molar-refractivity contribution in [3.8, 4) is 16.9 Å². The van der Waals surface area contributed by atoms with Crippen LogP contribution in [0.5, 0.6) is 5.75 Å². The fourth-order valence-electron chi connectivity index (χ4n) is 2.80. The zero-order chi connectivity index (χ0) is 19.7. The summed E-state index contributed by atoms with van der Waals surface area (Å²) in [5.74, 6) is 0.745. The number of alkyl halides is 3. The average molecular weight is 389 g/mol. The number of halogens is 3. The molecule has 0 saturated carbocycles. The van der Waals surface area contributed by atoms with Gasteiger partial charge in [0.2, 0.25) is 11.8 Å². The first-order valence-corrected chi connectivity index (χ1v) is 8.36. The molecule has 0 bridgehead atoms. The average Bonchev–Trinajstić information content (AvgIpc) is 3.24. The summed E-state index contributed by atoms with van der Waals surface area (Å²) in [6, 6.07) is 11.2. The maximum atomic E-state index is 12.3. The van der Waals surface area contributed by atoms with Gasteiger partial charge in [-0.2, -0.15) is 0 Å². The van der Waals surface area contributed by atoms with Crippen LogP contribution in [-0.4, -0.2) is 31.6 Å². The SMILES string of the molecule is Cc1nnc(CCn2nnc3ccc(-c4ccc(OC(F)(F)F)cc4)cc32)o1. The van der Waals surface area contributed by atoms with Crippen LogP contribution in [0.25, 0.3) is 22.2 Å². The predicted molar refractivity (Wildman–Crippen MR) is 92.4 cm³/mol. The van der Waals surface area contributed by atoms with Crippen LogP contribution in [0.2, 0.25) is 0 Å². The Morgan fingerprint density at radius 1 is 1.00 bits per heavy atom. The van der Waals surface area contributed by atoms with E-state index < -0.39 is 6.36 Å². The molecule has 0 fully saturated rings. The highest BCUT2D eigenvalue weighted by molar-refractivity contribution is 5.81. The summed E-state index contributed by atoms with van der Waals surface area (Å²) in [6.07, 6.45) is -4.21. The molecule has 10 heteroatoms. The van der Waals surface area contributed by atoms with Crippen LogP contribution in [0.15, 0.2) is 46.9 Å². The number of hydrogen-bond donors (Lipinski definition) is 0. The van der Waals surface area contributed by atoms with E-state index in [9.17, 15) is 13.2 Å². The fraction of sp³-hybridized carbons (Fsp3) is 0.222. The third-order valence-electron chi connectivity index (χ3n) is 4.04. The standard InChI is InChI=1S/C18H14F3N5O2/c1-11-22-24-17(27-11)8-9-26-16-10-13(4-7-15(16)23-25-26)12-2-5-14(6-3-12)28-18(19,20)21/h2-7,10H,8-9H2,1H3. The Labute approximate surface area is 156 Å². The normalized spacial score (nSPS) is 11.9. The van der Waals surface area contributed by atoms with Crippen LogP contribution in [0, 0.1) is 6.92 Å². The first-order chi connectivity index (χ1) is 13.4. The smallest absolute Gasteiger partial charge is 0.426 e. The van der Waals surface area contributed by atoms with Crippen molar-refractivity contribution in [2.24, 2.45) is 0 Å². The van der Waals surface area contributed by atoms with Gasteiger partial charge in [0.1, 0.15) is 11.3 Å². The second-order valence-electron chi connectivity index (χ2n) is 6.05. The first kappa shape index (κ1) is 18.0. The van der Waals surface area contributed by atoms with Crippen LogP contribution < -0.4 is 4.74 Å². The Bertz CT molecular complexity index is 1100. The van der Waals surface area contributed by atoms with E-state index in [0.29, 0.717) is 30.3 Å². The molecule has 144 valence electrons. The third kappa shape index (κ3) is 3.95. The van der Waals surface area contributed by atoms with Gasteiger partial charge < -0.3 is 9.15 Å². The number of hydrogen-bond acceptors (Lipinski definition) is 6. The number of ether oxygens (including phenoxy) is 1. The predicted octanol–water partition coefficient (Wildman–Crippen LogP) is 3.93. The van der Waals surface area contributed by atoms with Crippen molar-refractivity contribution in [2.75, 3.05) is 0 Å². The van der Waals surface area contributed by atoms with Crippen LogP contribution >= 0.6 is 0 Å². The zero-order valence-electron chi connectivity index (χ0n) is 14.6. The fourth-order valence-corrected chi connectivity index (χ4v) is 2.80. The topological polar surface area (TPSA) is 78.9 Å². The summed E-state index contributed by atoms with van der Waals surface area (Å²) in [6.45, 7) is 2.22. The molecular formula is C18H14F3N5O2. The minimum atomic E-state index is -4.71. The number of benzene rings is 2. The maximum Gasteiger partial charge on any atom is 0.573 e. The summed E-state index contributed by atoms with van der Waals surface area (Å²) in [7, 11) is 0. The van der Waals surface area contributed by atoms with Crippen LogP contribution in [-0.2, 0) is 13.0 Å². The molecule has 0 N–H and O–H groups in total. The third-order valence-corrected chi connectivity index (χ3v) is 4.04. The second kappa shape index (κ2) is 6.95. The Morgan fingerprint density at radius 2 is 1.75 bits per heavy atom. The molecule has 0 saturated heterocycles. The van der Waals surface area contributed by atoms with Gasteiger partial charge in [-0.25, -0.2) is 4.68 Å². The van der Waals surface area contributed by atoms with Gasteiger partial charge in [-0.1, -0.05) is 23.4 Å².